The Morgan fingerprint density at radius 2 is 1.96 bits per heavy atom. The standard InChI is InChI=1S/C17H16N4OS/c1-11-16(23-12(2)21-11)17(22)20-10-13-3-8-19-15(9-13)14-4-6-18-7-5-14/h3-9H,10H2,1-2H3,(H,20,22). The first-order valence-corrected chi connectivity index (χ1v) is 8.02. The van der Waals surface area contributed by atoms with Crippen molar-refractivity contribution in [3.63, 3.8) is 0 Å². The number of nitrogens with one attached hydrogen (secondary N) is 1. The van der Waals surface area contributed by atoms with Crippen molar-refractivity contribution >= 4 is 17.2 Å². The van der Waals surface area contributed by atoms with Gasteiger partial charge in [0.2, 0.25) is 0 Å². The van der Waals surface area contributed by atoms with Gasteiger partial charge in [-0.2, -0.15) is 0 Å². The highest BCUT2D eigenvalue weighted by atomic mass is 32.1. The fourth-order valence-corrected chi connectivity index (χ4v) is 3.11. The maximum atomic E-state index is 12.2. The van der Waals surface area contributed by atoms with Crippen LogP contribution in [-0.2, 0) is 6.54 Å². The first kappa shape index (κ1) is 15.3. The molecule has 0 unspecified atom stereocenters. The van der Waals surface area contributed by atoms with Gasteiger partial charge in [0.1, 0.15) is 4.88 Å². The lowest BCUT2D eigenvalue weighted by molar-refractivity contribution is 0.0954. The molecule has 0 spiro atoms. The molecule has 3 aromatic heterocycles. The van der Waals surface area contributed by atoms with E-state index in [2.05, 4.69) is 20.3 Å². The Bertz CT molecular complexity index is 830. The quantitative estimate of drug-likeness (QED) is 0.800. The van der Waals surface area contributed by atoms with Crippen LogP contribution >= 0.6 is 11.3 Å². The van der Waals surface area contributed by atoms with Crippen molar-refractivity contribution in [2.24, 2.45) is 0 Å². The minimum atomic E-state index is -0.0876. The van der Waals surface area contributed by atoms with E-state index in [1.165, 1.54) is 11.3 Å². The second kappa shape index (κ2) is 6.66. The number of nitrogens with zero attached hydrogens (tertiary/aromatic N) is 3. The lowest BCUT2D eigenvalue weighted by Crippen LogP contribution is -2.22. The zero-order chi connectivity index (χ0) is 16.2. The molecule has 0 aliphatic heterocycles. The number of aromatic nitrogens is 3. The normalized spacial score (nSPS) is 10.5. The van der Waals surface area contributed by atoms with Gasteiger partial charge in [0, 0.05) is 30.7 Å². The van der Waals surface area contributed by atoms with Crippen LogP contribution in [0.4, 0.5) is 0 Å². The molecule has 0 aliphatic rings. The number of rotatable bonds is 4. The largest absolute Gasteiger partial charge is 0.347 e. The molecular weight excluding hydrogens is 308 g/mol. The van der Waals surface area contributed by atoms with Gasteiger partial charge in [-0.25, -0.2) is 4.98 Å². The third-order valence-corrected chi connectivity index (χ3v) is 4.43. The number of amides is 1. The van der Waals surface area contributed by atoms with E-state index in [-0.39, 0.29) is 5.91 Å². The first-order chi connectivity index (χ1) is 11.1. The fourth-order valence-electron chi connectivity index (χ4n) is 2.27. The highest BCUT2D eigenvalue weighted by molar-refractivity contribution is 7.13. The summed E-state index contributed by atoms with van der Waals surface area (Å²) >= 11 is 1.42. The summed E-state index contributed by atoms with van der Waals surface area (Å²) in [7, 11) is 0. The molecule has 1 amide bonds. The number of aryl methyl sites for hydroxylation is 2. The highest BCUT2D eigenvalue weighted by Crippen LogP contribution is 2.18. The van der Waals surface area contributed by atoms with Crippen molar-refractivity contribution in [2.75, 3.05) is 0 Å². The second-order valence-electron chi connectivity index (χ2n) is 5.12. The zero-order valence-electron chi connectivity index (χ0n) is 12.9. The molecule has 0 saturated heterocycles. The molecule has 0 aromatic carbocycles. The van der Waals surface area contributed by atoms with Gasteiger partial charge >= 0.3 is 0 Å². The van der Waals surface area contributed by atoms with E-state index in [0.717, 1.165) is 27.5 Å². The molecule has 3 rings (SSSR count). The van der Waals surface area contributed by atoms with Crippen LogP contribution in [-0.4, -0.2) is 20.9 Å². The number of carbonyl (C=O) groups is 1. The summed E-state index contributed by atoms with van der Waals surface area (Å²) in [6.45, 7) is 4.21. The van der Waals surface area contributed by atoms with Gasteiger partial charge in [0.15, 0.2) is 0 Å². The third kappa shape index (κ3) is 3.60. The molecule has 0 bridgehead atoms. The van der Waals surface area contributed by atoms with E-state index < -0.39 is 0 Å². The smallest absolute Gasteiger partial charge is 0.263 e. The van der Waals surface area contributed by atoms with E-state index in [9.17, 15) is 4.79 Å². The number of pyridine rings is 2. The molecule has 116 valence electrons. The Morgan fingerprint density at radius 1 is 1.17 bits per heavy atom. The lowest BCUT2D eigenvalue weighted by atomic mass is 10.1. The van der Waals surface area contributed by atoms with Crippen molar-refractivity contribution in [3.8, 4) is 11.3 Å². The van der Waals surface area contributed by atoms with Crippen LogP contribution in [0.3, 0.4) is 0 Å². The van der Waals surface area contributed by atoms with E-state index in [1.54, 1.807) is 18.6 Å². The maximum absolute atomic E-state index is 12.2. The predicted molar refractivity (Wildman–Crippen MR) is 90.2 cm³/mol. The van der Waals surface area contributed by atoms with Gasteiger partial charge in [0.05, 0.1) is 16.4 Å². The summed E-state index contributed by atoms with van der Waals surface area (Å²) in [4.78, 5) is 25.6. The van der Waals surface area contributed by atoms with Gasteiger partial charge in [-0.15, -0.1) is 11.3 Å². The summed E-state index contributed by atoms with van der Waals surface area (Å²) in [6, 6.07) is 7.69. The Labute approximate surface area is 138 Å². The molecule has 5 nitrogen and oxygen atoms in total. The SMILES string of the molecule is Cc1nc(C)c(C(=O)NCc2ccnc(-c3ccncc3)c2)s1. The van der Waals surface area contributed by atoms with Crippen LogP contribution in [0.5, 0.6) is 0 Å². The number of hydrogen-bond donors (Lipinski definition) is 1. The van der Waals surface area contributed by atoms with Gasteiger partial charge in [-0.3, -0.25) is 14.8 Å². The van der Waals surface area contributed by atoms with Crippen LogP contribution in [0.15, 0.2) is 42.9 Å². The van der Waals surface area contributed by atoms with E-state index >= 15 is 0 Å². The molecule has 3 heterocycles. The molecule has 0 fully saturated rings. The van der Waals surface area contributed by atoms with Crippen molar-refractivity contribution < 1.29 is 4.79 Å². The van der Waals surface area contributed by atoms with Gasteiger partial charge in [-0.1, -0.05) is 0 Å². The molecule has 23 heavy (non-hydrogen) atoms. The van der Waals surface area contributed by atoms with E-state index in [0.29, 0.717) is 11.4 Å². The van der Waals surface area contributed by atoms with Crippen molar-refractivity contribution in [1.29, 1.82) is 0 Å². The molecule has 0 aliphatic carbocycles. The number of thiazole rings is 1. The predicted octanol–water partition coefficient (Wildman–Crippen LogP) is 3.15. The van der Waals surface area contributed by atoms with Crippen LogP contribution in [0.1, 0.15) is 25.9 Å². The van der Waals surface area contributed by atoms with Crippen molar-refractivity contribution in [2.45, 2.75) is 20.4 Å². The molecule has 0 atom stereocenters. The Balaban J connectivity index is 1.71. The summed E-state index contributed by atoms with van der Waals surface area (Å²) in [5.74, 6) is -0.0876. The van der Waals surface area contributed by atoms with Gasteiger partial charge in [-0.05, 0) is 43.7 Å². The van der Waals surface area contributed by atoms with E-state index in [4.69, 9.17) is 0 Å². The van der Waals surface area contributed by atoms with Crippen LogP contribution < -0.4 is 5.32 Å². The molecule has 1 N–H and O–H groups in total. The minimum absolute atomic E-state index is 0.0876. The summed E-state index contributed by atoms with van der Waals surface area (Å²) in [5, 5.41) is 3.84. The number of carbonyl (C=O) groups excluding carboxylic acids is 1. The van der Waals surface area contributed by atoms with Crippen LogP contribution in [0.25, 0.3) is 11.3 Å². The Hall–Kier alpha value is -2.60. The monoisotopic (exact) mass is 324 g/mol. The average Bonchev–Trinajstić information content (AvgIpc) is 2.92. The maximum Gasteiger partial charge on any atom is 0.263 e. The van der Waals surface area contributed by atoms with Gasteiger partial charge in [0.25, 0.3) is 5.91 Å². The van der Waals surface area contributed by atoms with Crippen LogP contribution in [0.2, 0.25) is 0 Å². The highest BCUT2D eigenvalue weighted by Gasteiger charge is 2.13. The average molecular weight is 324 g/mol. The summed E-state index contributed by atoms with van der Waals surface area (Å²) in [5.41, 5.74) is 3.64. The molecular formula is C17H16N4OS. The topological polar surface area (TPSA) is 67.8 Å². The zero-order valence-corrected chi connectivity index (χ0v) is 13.7. The Kier molecular flexibility index (Phi) is 4.43. The van der Waals surface area contributed by atoms with Gasteiger partial charge < -0.3 is 5.32 Å². The third-order valence-electron chi connectivity index (χ3n) is 3.36. The van der Waals surface area contributed by atoms with Crippen LogP contribution in [0, 0.1) is 13.8 Å². The summed E-state index contributed by atoms with van der Waals surface area (Å²) < 4.78 is 0. The molecule has 0 saturated carbocycles. The summed E-state index contributed by atoms with van der Waals surface area (Å²) in [6.07, 6.45) is 5.22. The molecule has 6 heteroatoms. The van der Waals surface area contributed by atoms with E-state index in [1.807, 2.05) is 38.1 Å². The molecule has 0 radical (unpaired) electrons. The minimum Gasteiger partial charge on any atom is -0.347 e. The lowest BCUT2D eigenvalue weighted by Gasteiger charge is -2.06. The Morgan fingerprint density at radius 3 is 2.65 bits per heavy atom. The number of hydrogen-bond acceptors (Lipinski definition) is 5. The second-order valence-corrected chi connectivity index (χ2v) is 6.32. The van der Waals surface area contributed by atoms with Crippen molar-refractivity contribution in [3.05, 3.63) is 64.0 Å². The fraction of sp³-hybridized carbons (Fsp3) is 0.176. The van der Waals surface area contributed by atoms with Crippen molar-refractivity contribution in [1.82, 2.24) is 20.3 Å². The first-order valence-electron chi connectivity index (χ1n) is 7.21. The molecule has 3 aromatic rings.